The molecule has 4 heteroatoms. The van der Waals surface area contributed by atoms with Crippen LogP contribution in [0.1, 0.15) is 29.6 Å². The van der Waals surface area contributed by atoms with Crippen molar-refractivity contribution < 1.29 is 9.53 Å². The summed E-state index contributed by atoms with van der Waals surface area (Å²) in [5.41, 5.74) is 0.842. The van der Waals surface area contributed by atoms with Gasteiger partial charge in [0, 0.05) is 28.7 Å². The smallest absolute Gasteiger partial charge is 0.255 e. The first-order valence-corrected chi connectivity index (χ1v) is 7.97. The van der Waals surface area contributed by atoms with Crippen LogP contribution in [0.5, 0.6) is 0 Å². The van der Waals surface area contributed by atoms with Crippen molar-refractivity contribution in [2.45, 2.75) is 25.3 Å². The highest BCUT2D eigenvalue weighted by Crippen LogP contribution is 2.31. The first-order chi connectivity index (χ1) is 9.25. The normalized spacial score (nSPS) is 22.5. The molecule has 1 aromatic carbocycles. The molecule has 2 aliphatic rings. The Morgan fingerprint density at radius 1 is 1.32 bits per heavy atom. The number of hydrogen-bond acceptors (Lipinski definition) is 2. The van der Waals surface area contributed by atoms with Gasteiger partial charge >= 0.3 is 0 Å². The number of carbonyl (C=O) groups is 1. The van der Waals surface area contributed by atoms with E-state index >= 15 is 0 Å². The Bertz CT molecular complexity index is 467. The van der Waals surface area contributed by atoms with Crippen molar-refractivity contribution in [3.8, 4) is 0 Å². The van der Waals surface area contributed by atoms with E-state index in [0.717, 1.165) is 48.2 Å². The quantitative estimate of drug-likeness (QED) is 0.762. The molecule has 1 amide bonds. The molecule has 2 fully saturated rings. The van der Waals surface area contributed by atoms with Crippen LogP contribution < -0.4 is 0 Å². The van der Waals surface area contributed by atoms with E-state index in [1.807, 2.05) is 24.3 Å². The second-order valence-corrected chi connectivity index (χ2v) is 6.56. The average molecular weight is 371 g/mol. The third-order valence-electron chi connectivity index (χ3n) is 3.83. The van der Waals surface area contributed by atoms with Crippen molar-refractivity contribution in [1.29, 1.82) is 0 Å². The van der Waals surface area contributed by atoms with Crippen molar-refractivity contribution in [2.75, 3.05) is 19.8 Å². The van der Waals surface area contributed by atoms with Crippen LogP contribution in [0.2, 0.25) is 0 Å². The number of rotatable bonds is 4. The molecule has 0 spiro atoms. The molecule has 1 saturated carbocycles. The Hall–Kier alpha value is -0.620. The third-order valence-corrected chi connectivity index (χ3v) is 4.77. The van der Waals surface area contributed by atoms with Gasteiger partial charge in [-0.3, -0.25) is 4.79 Å². The molecular formula is C15H18INO2. The molecular weight excluding hydrogens is 353 g/mol. The SMILES string of the molecule is O=C(c1ccccc1I)N(CC1CCOC1)C1CC1. The second-order valence-electron chi connectivity index (χ2n) is 5.40. The maximum atomic E-state index is 12.7. The van der Waals surface area contributed by atoms with Crippen LogP contribution in [-0.2, 0) is 4.74 Å². The number of halogens is 1. The van der Waals surface area contributed by atoms with E-state index in [0.29, 0.717) is 12.0 Å². The molecule has 3 nitrogen and oxygen atoms in total. The summed E-state index contributed by atoms with van der Waals surface area (Å²) in [4.78, 5) is 14.8. The van der Waals surface area contributed by atoms with E-state index in [1.165, 1.54) is 0 Å². The van der Waals surface area contributed by atoms with Gasteiger partial charge in [0.2, 0.25) is 0 Å². The molecule has 1 unspecified atom stereocenters. The monoisotopic (exact) mass is 371 g/mol. The zero-order valence-electron chi connectivity index (χ0n) is 10.8. The van der Waals surface area contributed by atoms with Gasteiger partial charge in [0.15, 0.2) is 0 Å². The average Bonchev–Trinajstić information content (AvgIpc) is 3.13. The Balaban J connectivity index is 1.76. The molecule has 0 N–H and O–H groups in total. The summed E-state index contributed by atoms with van der Waals surface area (Å²) in [5.74, 6) is 0.713. The molecule has 102 valence electrons. The van der Waals surface area contributed by atoms with Crippen molar-refractivity contribution in [3.63, 3.8) is 0 Å². The lowest BCUT2D eigenvalue weighted by Gasteiger charge is -2.25. The van der Waals surface area contributed by atoms with E-state index in [-0.39, 0.29) is 5.91 Å². The molecule has 3 rings (SSSR count). The Labute approximate surface area is 127 Å². The third kappa shape index (κ3) is 3.11. The van der Waals surface area contributed by atoms with E-state index < -0.39 is 0 Å². The Morgan fingerprint density at radius 2 is 2.11 bits per heavy atom. The van der Waals surface area contributed by atoms with Crippen molar-refractivity contribution >= 4 is 28.5 Å². The van der Waals surface area contributed by atoms with Crippen LogP contribution in [-0.4, -0.2) is 36.6 Å². The number of carbonyl (C=O) groups excluding carboxylic acids is 1. The van der Waals surface area contributed by atoms with Crippen molar-refractivity contribution in [2.24, 2.45) is 5.92 Å². The first kappa shape index (κ1) is 13.4. The summed E-state index contributed by atoms with van der Waals surface area (Å²) in [7, 11) is 0. The highest BCUT2D eigenvalue weighted by molar-refractivity contribution is 14.1. The molecule has 1 aliphatic carbocycles. The molecule has 1 atom stereocenters. The molecule has 0 bridgehead atoms. The lowest BCUT2D eigenvalue weighted by molar-refractivity contribution is 0.0705. The van der Waals surface area contributed by atoms with E-state index in [1.54, 1.807) is 0 Å². The van der Waals surface area contributed by atoms with E-state index in [9.17, 15) is 4.79 Å². The van der Waals surface area contributed by atoms with Crippen LogP contribution in [0.25, 0.3) is 0 Å². The van der Waals surface area contributed by atoms with Gasteiger partial charge in [-0.2, -0.15) is 0 Å². The molecule has 1 heterocycles. The summed E-state index contributed by atoms with van der Waals surface area (Å²) >= 11 is 2.25. The Morgan fingerprint density at radius 3 is 2.74 bits per heavy atom. The molecule has 19 heavy (non-hydrogen) atoms. The van der Waals surface area contributed by atoms with Crippen LogP contribution in [0.15, 0.2) is 24.3 Å². The summed E-state index contributed by atoms with van der Waals surface area (Å²) in [6, 6.07) is 8.32. The summed E-state index contributed by atoms with van der Waals surface area (Å²) in [5, 5.41) is 0. The van der Waals surface area contributed by atoms with Crippen LogP contribution >= 0.6 is 22.6 Å². The molecule has 1 aliphatic heterocycles. The first-order valence-electron chi connectivity index (χ1n) is 6.89. The van der Waals surface area contributed by atoms with Crippen molar-refractivity contribution in [1.82, 2.24) is 4.90 Å². The highest BCUT2D eigenvalue weighted by atomic mass is 127. The fourth-order valence-corrected chi connectivity index (χ4v) is 3.20. The molecule has 1 aromatic rings. The summed E-state index contributed by atoms with van der Waals surface area (Å²) in [6.07, 6.45) is 3.40. The standard InChI is InChI=1S/C15H18INO2/c16-14-4-2-1-3-13(14)15(18)17(12-5-6-12)9-11-7-8-19-10-11/h1-4,11-12H,5-10H2. The minimum absolute atomic E-state index is 0.194. The van der Waals surface area contributed by atoms with Crippen LogP contribution in [0.3, 0.4) is 0 Å². The molecule has 1 saturated heterocycles. The van der Waals surface area contributed by atoms with Gasteiger partial charge in [-0.15, -0.1) is 0 Å². The minimum Gasteiger partial charge on any atom is -0.381 e. The maximum Gasteiger partial charge on any atom is 0.255 e. The van der Waals surface area contributed by atoms with E-state index in [4.69, 9.17) is 4.74 Å². The topological polar surface area (TPSA) is 29.5 Å². The van der Waals surface area contributed by atoms with E-state index in [2.05, 4.69) is 27.5 Å². The minimum atomic E-state index is 0.194. The highest BCUT2D eigenvalue weighted by Gasteiger charge is 2.35. The second kappa shape index (κ2) is 5.79. The van der Waals surface area contributed by atoms with Gasteiger partial charge in [0.1, 0.15) is 0 Å². The fraction of sp³-hybridized carbons (Fsp3) is 0.533. The van der Waals surface area contributed by atoms with Crippen LogP contribution in [0.4, 0.5) is 0 Å². The van der Waals surface area contributed by atoms with Gasteiger partial charge in [-0.05, 0) is 54.0 Å². The number of benzene rings is 1. The van der Waals surface area contributed by atoms with Crippen LogP contribution in [0, 0.1) is 9.49 Å². The maximum absolute atomic E-state index is 12.7. The van der Waals surface area contributed by atoms with Gasteiger partial charge in [-0.25, -0.2) is 0 Å². The summed E-state index contributed by atoms with van der Waals surface area (Å²) in [6.45, 7) is 2.51. The molecule has 0 radical (unpaired) electrons. The zero-order valence-corrected chi connectivity index (χ0v) is 13.0. The lowest BCUT2D eigenvalue weighted by atomic mass is 10.1. The number of amides is 1. The molecule has 0 aromatic heterocycles. The zero-order chi connectivity index (χ0) is 13.2. The van der Waals surface area contributed by atoms with Gasteiger partial charge in [-0.1, -0.05) is 12.1 Å². The fourth-order valence-electron chi connectivity index (χ4n) is 2.58. The summed E-state index contributed by atoms with van der Waals surface area (Å²) < 4.78 is 6.47. The van der Waals surface area contributed by atoms with Gasteiger partial charge < -0.3 is 9.64 Å². The largest absolute Gasteiger partial charge is 0.381 e. The lowest BCUT2D eigenvalue weighted by Crippen LogP contribution is -2.37. The number of ether oxygens (including phenoxy) is 1. The Kier molecular flexibility index (Phi) is 4.07. The predicted octanol–water partition coefficient (Wildman–Crippen LogP) is 2.93. The number of hydrogen-bond donors (Lipinski definition) is 0. The number of nitrogens with zero attached hydrogens (tertiary/aromatic N) is 1. The predicted molar refractivity (Wildman–Crippen MR) is 82.1 cm³/mol. The van der Waals surface area contributed by atoms with Gasteiger partial charge in [0.05, 0.1) is 12.2 Å². The van der Waals surface area contributed by atoms with Crippen molar-refractivity contribution in [3.05, 3.63) is 33.4 Å². The van der Waals surface area contributed by atoms with Gasteiger partial charge in [0.25, 0.3) is 5.91 Å².